The van der Waals surface area contributed by atoms with Crippen molar-refractivity contribution in [3.8, 4) is 0 Å². The fourth-order valence-electron chi connectivity index (χ4n) is 7.16. The smallest absolute Gasteiger partial charge is 0.744 e. The Morgan fingerprint density at radius 1 is 0.796 bits per heavy atom. The second kappa shape index (κ2) is 17.0. The molecule has 3 amide bonds. The quantitative estimate of drug-likeness (QED) is 0.0719. The maximum absolute atomic E-state index is 12.4. The van der Waals surface area contributed by atoms with Gasteiger partial charge in [0.05, 0.1) is 15.2 Å². The number of hydrogen-bond acceptors (Lipinski definition) is 10. The molecule has 0 atom stereocenters. The van der Waals surface area contributed by atoms with Crippen LogP contribution in [0, 0.1) is 0 Å². The molecule has 54 heavy (non-hydrogen) atoms. The number of fused-ring (bicyclic) bond motifs is 2. The molecule has 3 aliphatic heterocycles. The van der Waals surface area contributed by atoms with Gasteiger partial charge in [-0.3, -0.25) is 19.3 Å². The van der Waals surface area contributed by atoms with Gasteiger partial charge in [-0.1, -0.05) is 38.5 Å². The van der Waals surface area contributed by atoms with Gasteiger partial charge in [-0.2, -0.15) is 4.58 Å². The Labute approximate surface area is 359 Å². The van der Waals surface area contributed by atoms with E-state index in [4.69, 9.17) is 0 Å². The number of rotatable bonds is 14. The number of carbonyl (C=O) groups excluding carboxylic acids is 3. The number of carbonyl (C=O) groups is 3. The van der Waals surface area contributed by atoms with Crippen molar-refractivity contribution < 1.29 is 96.3 Å². The summed E-state index contributed by atoms with van der Waals surface area (Å²) in [6.45, 7) is 8.70. The van der Waals surface area contributed by atoms with E-state index in [0.717, 1.165) is 39.7 Å². The summed E-state index contributed by atoms with van der Waals surface area (Å²) in [4.78, 5) is 38.3. The van der Waals surface area contributed by atoms with Gasteiger partial charge in [0.25, 0.3) is 11.8 Å². The monoisotopic (exact) mass is 802 g/mol. The van der Waals surface area contributed by atoms with Crippen molar-refractivity contribution >= 4 is 55.0 Å². The number of amides is 3. The second-order valence-corrected chi connectivity index (χ2v) is 17.0. The zero-order valence-corrected chi connectivity index (χ0v) is 36.0. The third-order valence-electron chi connectivity index (χ3n) is 10.0. The van der Waals surface area contributed by atoms with Crippen molar-refractivity contribution in [3.63, 3.8) is 0 Å². The summed E-state index contributed by atoms with van der Waals surface area (Å²) in [5, 5.41) is 2.74. The third-order valence-corrected chi connectivity index (χ3v) is 11.7. The Kier molecular flexibility index (Phi) is 13.7. The van der Waals surface area contributed by atoms with Gasteiger partial charge >= 0.3 is 51.4 Å². The SMILES string of the molecule is C[N+]1=C(C=CC=CC=C2N(CCCCCC(=O)NCCN3C(=O)C=CC3=O)c3ccc(S(=O)(=O)[O-])cc3C2(C)C)C(C)(C)c2cc(S(=O)(=O)[O-])ccc21.[K+]. The molecule has 0 spiro atoms. The van der Waals surface area contributed by atoms with Gasteiger partial charge in [0, 0.05) is 72.7 Å². The fraction of sp³-hybridized carbons (Fsp3) is 0.368. The molecule has 5 rings (SSSR count). The molecule has 0 saturated carbocycles. The maximum atomic E-state index is 12.4. The van der Waals surface area contributed by atoms with Crippen LogP contribution in [0.1, 0.15) is 64.5 Å². The number of anilines is 1. The third kappa shape index (κ3) is 9.30. The number of allylic oxidation sites excluding steroid dienone is 6. The largest absolute Gasteiger partial charge is 1.00 e. The average Bonchev–Trinajstić information content (AvgIpc) is 3.58. The van der Waals surface area contributed by atoms with Gasteiger partial charge in [-0.25, -0.2) is 16.8 Å². The van der Waals surface area contributed by atoms with Crippen molar-refractivity contribution in [2.24, 2.45) is 0 Å². The molecule has 3 heterocycles. The van der Waals surface area contributed by atoms with Gasteiger partial charge in [-0.15, -0.1) is 0 Å². The zero-order chi connectivity index (χ0) is 38.9. The van der Waals surface area contributed by atoms with Gasteiger partial charge in [0.1, 0.15) is 27.3 Å². The van der Waals surface area contributed by atoms with Crippen LogP contribution in [0.3, 0.4) is 0 Å². The summed E-state index contributed by atoms with van der Waals surface area (Å²) in [6.07, 6.45) is 14.2. The molecular formula is C38H43KN4O9S2. The van der Waals surface area contributed by atoms with E-state index < -0.39 is 42.9 Å². The van der Waals surface area contributed by atoms with E-state index in [9.17, 15) is 40.3 Å². The fourth-order valence-corrected chi connectivity index (χ4v) is 8.15. The number of nitrogens with zero attached hydrogens (tertiary/aromatic N) is 3. The summed E-state index contributed by atoms with van der Waals surface area (Å²) in [7, 11) is -7.40. The molecule has 13 nitrogen and oxygen atoms in total. The van der Waals surface area contributed by atoms with Crippen LogP contribution in [0.4, 0.5) is 11.4 Å². The average molecular weight is 803 g/mol. The van der Waals surface area contributed by atoms with E-state index >= 15 is 0 Å². The Balaban J connectivity index is 0.00000650. The van der Waals surface area contributed by atoms with Crippen LogP contribution in [0.5, 0.6) is 0 Å². The predicted molar refractivity (Wildman–Crippen MR) is 197 cm³/mol. The van der Waals surface area contributed by atoms with E-state index in [1.165, 1.54) is 36.4 Å². The Morgan fingerprint density at radius 2 is 1.41 bits per heavy atom. The molecule has 0 aromatic heterocycles. The van der Waals surface area contributed by atoms with Gasteiger partial charge < -0.3 is 19.3 Å². The molecule has 0 unspecified atom stereocenters. The first-order valence-electron chi connectivity index (χ1n) is 17.2. The number of hydrogen-bond donors (Lipinski definition) is 1. The first-order chi connectivity index (χ1) is 24.7. The molecule has 1 N–H and O–H groups in total. The van der Waals surface area contributed by atoms with Gasteiger partial charge in [0.15, 0.2) is 5.71 Å². The summed E-state index contributed by atoms with van der Waals surface area (Å²) in [5.74, 6) is -0.968. The van der Waals surface area contributed by atoms with E-state index in [0.29, 0.717) is 24.9 Å². The summed E-state index contributed by atoms with van der Waals surface area (Å²) in [6, 6.07) is 8.80. The molecule has 0 aliphatic carbocycles. The van der Waals surface area contributed by atoms with Crippen LogP contribution >= 0.6 is 0 Å². The molecule has 16 heteroatoms. The molecule has 2 aromatic carbocycles. The van der Waals surface area contributed by atoms with Crippen LogP contribution in [0.2, 0.25) is 0 Å². The van der Waals surface area contributed by atoms with E-state index in [2.05, 4.69) is 10.2 Å². The Hall–Kier alpha value is -3.06. The summed E-state index contributed by atoms with van der Waals surface area (Å²) < 4.78 is 72.7. The Morgan fingerprint density at radius 3 is 2.04 bits per heavy atom. The second-order valence-electron chi connectivity index (χ2n) is 14.2. The summed E-state index contributed by atoms with van der Waals surface area (Å²) in [5.41, 5.74) is 3.59. The van der Waals surface area contributed by atoms with Crippen molar-refractivity contribution in [2.75, 3.05) is 31.6 Å². The van der Waals surface area contributed by atoms with Crippen molar-refractivity contribution in [3.05, 3.63) is 95.8 Å². The minimum atomic E-state index is -4.67. The first kappa shape index (κ1) is 43.7. The van der Waals surface area contributed by atoms with Crippen molar-refractivity contribution in [1.29, 1.82) is 0 Å². The van der Waals surface area contributed by atoms with Gasteiger partial charge in [-0.05, 0) is 68.7 Å². The molecule has 2 aromatic rings. The molecule has 0 radical (unpaired) electrons. The predicted octanol–water partition coefficient (Wildman–Crippen LogP) is 0.901. The van der Waals surface area contributed by atoms with E-state index in [1.54, 1.807) is 12.1 Å². The topological polar surface area (TPSA) is 187 Å². The van der Waals surface area contributed by atoms with Crippen LogP contribution in [0.15, 0.2) is 94.4 Å². The standard InChI is InChI=1S/C38H44N4O9S2.K/c1-37(2)28-24-26(52(46,47)48)15-17-30(28)40(5)32(37)12-8-6-9-13-33-38(3,4)29-25-27(53(49,50)51)16-18-31(29)41(33)22-11-7-10-14-34(43)39-21-23-42-35(44)19-20-36(42)45;/h6,8-9,12-13,15-20,24-25H,7,10-11,14,21-23H2,1-5H3,(H2-,39,43,46,47,48,49,50,51);/q;+1/p-1. The van der Waals surface area contributed by atoms with Gasteiger partial charge in [0.2, 0.25) is 11.6 Å². The van der Waals surface area contributed by atoms with E-state index in [-0.39, 0.29) is 86.6 Å². The summed E-state index contributed by atoms with van der Waals surface area (Å²) >= 11 is 0. The molecule has 0 saturated heterocycles. The normalized spacial score (nSPS) is 18.3. The molecule has 0 bridgehead atoms. The number of nitrogens with one attached hydrogen (secondary N) is 1. The number of benzene rings is 2. The zero-order valence-electron chi connectivity index (χ0n) is 31.3. The Bertz CT molecular complexity index is 2220. The van der Waals surface area contributed by atoms with Crippen molar-refractivity contribution in [1.82, 2.24) is 10.2 Å². The van der Waals surface area contributed by atoms with Crippen LogP contribution in [0.25, 0.3) is 0 Å². The van der Waals surface area contributed by atoms with Crippen LogP contribution in [-0.2, 0) is 45.4 Å². The molecular weight excluding hydrogens is 760 g/mol. The molecule has 3 aliphatic rings. The van der Waals surface area contributed by atoms with Crippen LogP contribution < -0.4 is 61.6 Å². The van der Waals surface area contributed by atoms with Crippen molar-refractivity contribution in [2.45, 2.75) is 74.0 Å². The minimum absolute atomic E-state index is 0. The first-order valence-corrected chi connectivity index (χ1v) is 20.0. The molecule has 282 valence electrons. The maximum Gasteiger partial charge on any atom is 1.00 e. The van der Waals surface area contributed by atoms with E-state index in [1.807, 2.05) is 69.7 Å². The van der Waals surface area contributed by atoms with Crippen LogP contribution in [-0.4, -0.2) is 85.5 Å². The molecule has 0 fully saturated rings. The number of imide groups is 1. The number of unbranched alkanes of at least 4 members (excludes halogenated alkanes) is 2. The minimum Gasteiger partial charge on any atom is -0.744 e.